The van der Waals surface area contributed by atoms with Crippen LogP contribution in [0, 0.1) is 29.6 Å². The number of carbonyl (C=O) groups is 3. The van der Waals surface area contributed by atoms with Crippen molar-refractivity contribution >= 4 is 17.8 Å². The molecule has 1 aliphatic carbocycles. The zero-order valence-electron chi connectivity index (χ0n) is 27.0. The van der Waals surface area contributed by atoms with Crippen molar-refractivity contribution in [1.82, 2.24) is 15.5 Å². The summed E-state index contributed by atoms with van der Waals surface area (Å²) in [6, 6.07) is 0. The van der Waals surface area contributed by atoms with Crippen molar-refractivity contribution in [1.29, 1.82) is 0 Å². The number of allylic oxidation sites excluding steroid dienone is 1. The summed E-state index contributed by atoms with van der Waals surface area (Å²) in [7, 11) is 1.94. The van der Waals surface area contributed by atoms with Crippen LogP contribution in [0.3, 0.4) is 0 Å². The standard InChI is InChI=1S/C33H54N4O7/c1-5-21(8-9-38)31(41)44-32(2,3)33(15-24-10-22-6-7-30(40)42-26(22)13-27(24)43-33)14-23-11-28(34)36-17-25(23)12-29(39)37-18-20(19-37)16-35-4/h5,20,22-28,35-36,38H,6-19,34H2,1-4H3. The second-order valence-electron chi connectivity index (χ2n) is 14.5. The molecule has 0 spiro atoms. The summed E-state index contributed by atoms with van der Waals surface area (Å²) in [5.74, 6) is 0.826. The molecule has 8 unspecified atom stereocenters. The van der Waals surface area contributed by atoms with Gasteiger partial charge in [0.05, 0.1) is 12.3 Å². The molecule has 5 fully saturated rings. The minimum atomic E-state index is -1.01. The molecular formula is C33H54N4O7. The summed E-state index contributed by atoms with van der Waals surface area (Å²) in [5, 5.41) is 16.1. The van der Waals surface area contributed by atoms with E-state index >= 15 is 0 Å². The van der Waals surface area contributed by atoms with Gasteiger partial charge >= 0.3 is 11.9 Å². The maximum Gasteiger partial charge on any atom is 0.334 e. The lowest BCUT2D eigenvalue weighted by molar-refractivity contribution is -0.207. The summed E-state index contributed by atoms with van der Waals surface area (Å²) in [6.07, 6.45) is 6.79. The SMILES string of the molecule is CC=C(CCO)C(=O)OC(C)(C)C1(CC2CC(N)NCC2CC(=O)N2CC(CNC)C2)CC2CC3CCC(=O)OC3CC2O1. The van der Waals surface area contributed by atoms with Gasteiger partial charge < -0.3 is 40.6 Å². The van der Waals surface area contributed by atoms with E-state index < -0.39 is 17.2 Å². The Morgan fingerprint density at radius 1 is 1.20 bits per heavy atom. The van der Waals surface area contributed by atoms with E-state index in [4.69, 9.17) is 19.9 Å². The predicted octanol–water partition coefficient (Wildman–Crippen LogP) is 1.86. The number of nitrogens with zero attached hydrogens (tertiary/aromatic N) is 1. The molecule has 11 heteroatoms. The highest BCUT2D eigenvalue weighted by Crippen LogP contribution is 2.55. The molecule has 4 heterocycles. The highest BCUT2D eigenvalue weighted by Gasteiger charge is 2.60. The molecule has 1 saturated carbocycles. The molecule has 8 atom stereocenters. The van der Waals surface area contributed by atoms with Gasteiger partial charge in [-0.15, -0.1) is 0 Å². The lowest BCUT2D eigenvalue weighted by atomic mass is 9.67. The van der Waals surface area contributed by atoms with Crippen LogP contribution in [-0.4, -0.2) is 97.3 Å². The van der Waals surface area contributed by atoms with Crippen LogP contribution in [0.1, 0.15) is 78.6 Å². The lowest BCUT2D eigenvalue weighted by Crippen LogP contribution is -2.58. The number of aliphatic hydroxyl groups is 1. The van der Waals surface area contributed by atoms with E-state index in [1.54, 1.807) is 13.0 Å². The molecule has 11 nitrogen and oxygen atoms in total. The van der Waals surface area contributed by atoms with Gasteiger partial charge in [0.25, 0.3) is 0 Å². The minimum absolute atomic E-state index is 0.0734. The van der Waals surface area contributed by atoms with Gasteiger partial charge in [-0.25, -0.2) is 4.79 Å². The number of nitrogens with one attached hydrogen (secondary N) is 2. The number of piperidine rings is 1. The normalized spacial score (nSPS) is 36.2. The van der Waals surface area contributed by atoms with E-state index in [2.05, 4.69) is 10.6 Å². The molecule has 4 aliphatic heterocycles. The van der Waals surface area contributed by atoms with Gasteiger partial charge in [-0.05, 0) is 83.6 Å². The van der Waals surface area contributed by atoms with E-state index in [-0.39, 0.29) is 61.0 Å². The van der Waals surface area contributed by atoms with Crippen molar-refractivity contribution in [3.8, 4) is 0 Å². The van der Waals surface area contributed by atoms with Crippen LogP contribution in [0.2, 0.25) is 0 Å². The lowest BCUT2D eigenvalue weighted by Gasteiger charge is -2.48. The van der Waals surface area contributed by atoms with E-state index in [9.17, 15) is 19.5 Å². The summed E-state index contributed by atoms with van der Waals surface area (Å²) in [5.41, 5.74) is 5.07. The number of nitrogens with two attached hydrogens (primary N) is 1. The first kappa shape index (κ1) is 33.3. The van der Waals surface area contributed by atoms with Crippen molar-refractivity contribution in [2.45, 2.75) is 108 Å². The quantitative estimate of drug-likeness (QED) is 0.199. The Balaban J connectivity index is 1.38. The number of fused-ring (bicyclic) bond motifs is 2. The Morgan fingerprint density at radius 3 is 2.68 bits per heavy atom. The smallest absolute Gasteiger partial charge is 0.334 e. The second kappa shape index (κ2) is 13.7. The number of likely N-dealkylation sites (tertiary alicyclic amines) is 1. The fourth-order valence-corrected chi connectivity index (χ4v) is 8.57. The molecular weight excluding hydrogens is 564 g/mol. The zero-order chi connectivity index (χ0) is 31.6. The molecule has 0 aromatic heterocycles. The highest BCUT2D eigenvalue weighted by atomic mass is 16.6. The number of esters is 2. The van der Waals surface area contributed by atoms with Crippen molar-refractivity contribution in [3.63, 3.8) is 0 Å². The number of ether oxygens (including phenoxy) is 3. The van der Waals surface area contributed by atoms with E-state index in [1.807, 2.05) is 25.8 Å². The average molecular weight is 619 g/mol. The van der Waals surface area contributed by atoms with Crippen LogP contribution in [0.15, 0.2) is 11.6 Å². The molecule has 0 bridgehead atoms. The fraction of sp³-hybridized carbons (Fsp3) is 0.848. The first-order chi connectivity index (χ1) is 21.0. The minimum Gasteiger partial charge on any atom is -0.462 e. The Labute approximate surface area is 262 Å². The Kier molecular flexibility index (Phi) is 10.4. The first-order valence-corrected chi connectivity index (χ1v) is 16.8. The van der Waals surface area contributed by atoms with E-state index in [0.29, 0.717) is 56.1 Å². The topological polar surface area (TPSA) is 152 Å². The maximum atomic E-state index is 13.4. The van der Waals surface area contributed by atoms with E-state index in [0.717, 1.165) is 38.9 Å². The van der Waals surface area contributed by atoms with Crippen LogP contribution < -0.4 is 16.4 Å². The van der Waals surface area contributed by atoms with Crippen LogP contribution in [0.5, 0.6) is 0 Å². The zero-order valence-corrected chi connectivity index (χ0v) is 27.0. The number of rotatable bonds is 11. The number of carbonyl (C=O) groups excluding carboxylic acids is 3. The first-order valence-electron chi connectivity index (χ1n) is 16.8. The Morgan fingerprint density at radius 2 is 1.98 bits per heavy atom. The number of hydrogen-bond donors (Lipinski definition) is 4. The number of aliphatic hydroxyl groups excluding tert-OH is 1. The molecule has 1 amide bonds. The van der Waals surface area contributed by atoms with Crippen LogP contribution >= 0.6 is 0 Å². The van der Waals surface area contributed by atoms with Gasteiger partial charge in [0.1, 0.15) is 17.3 Å². The van der Waals surface area contributed by atoms with Crippen LogP contribution in [0.25, 0.3) is 0 Å². The van der Waals surface area contributed by atoms with Gasteiger partial charge in [0.2, 0.25) is 5.91 Å². The molecule has 0 radical (unpaired) electrons. The third-order valence-electron chi connectivity index (χ3n) is 11.2. The van der Waals surface area contributed by atoms with Crippen molar-refractivity contribution in [2.24, 2.45) is 35.3 Å². The molecule has 4 saturated heterocycles. The van der Waals surface area contributed by atoms with Crippen molar-refractivity contribution in [3.05, 3.63) is 11.6 Å². The third kappa shape index (κ3) is 7.02. The number of amides is 1. The van der Waals surface area contributed by atoms with Gasteiger partial charge in [0, 0.05) is 70.0 Å². The monoisotopic (exact) mass is 618 g/mol. The Bertz CT molecular complexity index is 1090. The fourth-order valence-electron chi connectivity index (χ4n) is 8.57. The van der Waals surface area contributed by atoms with Gasteiger partial charge in [0.15, 0.2) is 0 Å². The van der Waals surface area contributed by atoms with Crippen LogP contribution in [0.4, 0.5) is 0 Å². The average Bonchev–Trinajstić information content (AvgIpc) is 3.31. The third-order valence-corrected chi connectivity index (χ3v) is 11.2. The summed E-state index contributed by atoms with van der Waals surface area (Å²) in [4.78, 5) is 40.8. The summed E-state index contributed by atoms with van der Waals surface area (Å²) < 4.78 is 19.2. The van der Waals surface area contributed by atoms with Crippen LogP contribution in [-0.2, 0) is 28.6 Å². The van der Waals surface area contributed by atoms with Gasteiger partial charge in [-0.1, -0.05) is 6.08 Å². The van der Waals surface area contributed by atoms with Crippen molar-refractivity contribution in [2.75, 3.05) is 39.8 Å². The molecule has 5 rings (SSSR count). The largest absolute Gasteiger partial charge is 0.462 e. The molecule has 0 aromatic rings. The van der Waals surface area contributed by atoms with Crippen molar-refractivity contribution < 1.29 is 33.7 Å². The molecule has 44 heavy (non-hydrogen) atoms. The molecule has 5 N–H and O–H groups in total. The maximum absolute atomic E-state index is 13.4. The predicted molar refractivity (Wildman–Crippen MR) is 164 cm³/mol. The molecule has 5 aliphatic rings. The summed E-state index contributed by atoms with van der Waals surface area (Å²) in [6.45, 7) is 8.64. The second-order valence-corrected chi connectivity index (χ2v) is 14.5. The number of hydrogen-bond acceptors (Lipinski definition) is 10. The highest BCUT2D eigenvalue weighted by molar-refractivity contribution is 5.88. The Hall–Kier alpha value is -2.05. The van der Waals surface area contributed by atoms with Gasteiger partial charge in [-0.2, -0.15) is 0 Å². The summed E-state index contributed by atoms with van der Waals surface area (Å²) >= 11 is 0. The van der Waals surface area contributed by atoms with E-state index in [1.165, 1.54) is 0 Å². The molecule has 0 aromatic carbocycles. The van der Waals surface area contributed by atoms with Gasteiger partial charge in [-0.3, -0.25) is 9.59 Å². The molecule has 248 valence electrons.